The Balaban J connectivity index is 2.34. The molecule has 1 N–H and O–H groups in total. The second-order valence-electron chi connectivity index (χ2n) is 2.79. The van der Waals surface area contributed by atoms with E-state index in [2.05, 4.69) is 6.08 Å². The summed E-state index contributed by atoms with van der Waals surface area (Å²) in [7, 11) is 0. The van der Waals surface area contributed by atoms with Crippen molar-refractivity contribution in [2.45, 2.75) is 13.3 Å². The summed E-state index contributed by atoms with van der Waals surface area (Å²) in [4.78, 5) is 0. The van der Waals surface area contributed by atoms with Gasteiger partial charge in [-0.3, -0.25) is 0 Å². The molecular weight excluding hydrogens is 144 g/mol. The van der Waals surface area contributed by atoms with Gasteiger partial charge in [0.1, 0.15) is 0 Å². The van der Waals surface area contributed by atoms with E-state index in [1.165, 1.54) is 17.9 Å². The van der Waals surface area contributed by atoms with Crippen molar-refractivity contribution < 1.29 is 5.11 Å². The van der Waals surface area contributed by atoms with Gasteiger partial charge >= 0.3 is 0 Å². The van der Waals surface area contributed by atoms with Gasteiger partial charge in [0.25, 0.3) is 0 Å². The lowest BCUT2D eigenvalue weighted by atomic mass is 10.1. The van der Waals surface area contributed by atoms with Gasteiger partial charge in [0.2, 0.25) is 0 Å². The molecule has 0 amide bonds. The molecule has 10 heavy (non-hydrogen) atoms. The smallest absolute Gasteiger partial charge is 0.0639 e. The van der Waals surface area contributed by atoms with Gasteiger partial charge in [0.05, 0.1) is 6.61 Å². The summed E-state index contributed by atoms with van der Waals surface area (Å²) in [5, 5.41) is 8.72. The highest BCUT2D eigenvalue weighted by atomic mass is 32.2. The summed E-state index contributed by atoms with van der Waals surface area (Å²) in [6.45, 7) is 2.21. The molecule has 1 unspecified atom stereocenters. The summed E-state index contributed by atoms with van der Waals surface area (Å²) in [6.07, 6.45) is 3.50. The van der Waals surface area contributed by atoms with E-state index in [0.717, 1.165) is 11.5 Å². The molecule has 1 aliphatic heterocycles. The van der Waals surface area contributed by atoms with Crippen LogP contribution in [0.2, 0.25) is 0 Å². The van der Waals surface area contributed by atoms with Crippen molar-refractivity contribution in [3.05, 3.63) is 11.6 Å². The minimum Gasteiger partial charge on any atom is -0.392 e. The monoisotopic (exact) mass is 158 g/mol. The predicted octanol–water partition coefficient (Wildman–Crippen LogP) is 1.68. The van der Waals surface area contributed by atoms with Crippen LogP contribution in [0.5, 0.6) is 0 Å². The lowest BCUT2D eigenvalue weighted by Gasteiger charge is -2.01. The molecule has 0 aliphatic carbocycles. The van der Waals surface area contributed by atoms with E-state index >= 15 is 0 Å². The molecule has 1 heterocycles. The summed E-state index contributed by atoms with van der Waals surface area (Å²) < 4.78 is 0. The van der Waals surface area contributed by atoms with Crippen LogP contribution in [-0.2, 0) is 0 Å². The SMILES string of the molecule is C/C(=C\C1CCSC1)CO. The van der Waals surface area contributed by atoms with E-state index in [4.69, 9.17) is 5.11 Å². The van der Waals surface area contributed by atoms with Crippen LogP contribution in [0.4, 0.5) is 0 Å². The van der Waals surface area contributed by atoms with Gasteiger partial charge in [-0.15, -0.1) is 0 Å². The summed E-state index contributed by atoms with van der Waals surface area (Å²) in [5.41, 5.74) is 1.12. The molecule has 2 heteroatoms. The third kappa shape index (κ3) is 2.35. The van der Waals surface area contributed by atoms with E-state index in [-0.39, 0.29) is 6.61 Å². The molecular formula is C8H14OS. The van der Waals surface area contributed by atoms with Crippen molar-refractivity contribution in [3.8, 4) is 0 Å². The van der Waals surface area contributed by atoms with E-state index in [0.29, 0.717) is 0 Å². The second-order valence-corrected chi connectivity index (χ2v) is 3.94. The Kier molecular flexibility index (Phi) is 3.29. The molecule has 58 valence electrons. The Bertz CT molecular complexity index is 125. The minimum absolute atomic E-state index is 0.223. The molecule has 0 radical (unpaired) electrons. The molecule has 0 aromatic heterocycles. The lowest BCUT2D eigenvalue weighted by molar-refractivity contribution is 0.330. The second kappa shape index (κ2) is 4.04. The number of thioether (sulfide) groups is 1. The van der Waals surface area contributed by atoms with Gasteiger partial charge in [0, 0.05) is 0 Å². The first-order valence-electron chi connectivity index (χ1n) is 3.69. The highest BCUT2D eigenvalue weighted by Gasteiger charge is 2.12. The largest absolute Gasteiger partial charge is 0.392 e. The first-order chi connectivity index (χ1) is 4.83. The summed E-state index contributed by atoms with van der Waals surface area (Å²) in [5.74, 6) is 3.27. The van der Waals surface area contributed by atoms with E-state index < -0.39 is 0 Å². The molecule has 1 saturated heterocycles. The standard InChI is InChI=1S/C8H14OS/c1-7(5-9)4-8-2-3-10-6-8/h4,8-9H,2-3,5-6H2,1H3/b7-4+. The number of rotatable bonds is 2. The topological polar surface area (TPSA) is 20.2 Å². The zero-order valence-corrected chi connectivity index (χ0v) is 7.16. The first-order valence-corrected chi connectivity index (χ1v) is 4.84. The fourth-order valence-electron chi connectivity index (χ4n) is 1.14. The van der Waals surface area contributed by atoms with Crippen LogP contribution < -0.4 is 0 Å². The summed E-state index contributed by atoms with van der Waals surface area (Å²) in [6, 6.07) is 0. The fraction of sp³-hybridized carbons (Fsp3) is 0.750. The van der Waals surface area contributed by atoms with Gasteiger partial charge in [-0.1, -0.05) is 11.6 Å². The minimum atomic E-state index is 0.223. The molecule has 1 rings (SSSR count). The molecule has 0 aromatic rings. The Morgan fingerprint density at radius 3 is 3.10 bits per heavy atom. The Labute approximate surface area is 66.5 Å². The maximum atomic E-state index is 8.72. The van der Waals surface area contributed by atoms with Crippen molar-refractivity contribution >= 4 is 11.8 Å². The fourth-order valence-corrected chi connectivity index (χ4v) is 2.34. The maximum absolute atomic E-state index is 8.72. The number of allylic oxidation sites excluding steroid dienone is 1. The first kappa shape index (κ1) is 8.15. The van der Waals surface area contributed by atoms with Crippen molar-refractivity contribution in [3.63, 3.8) is 0 Å². The van der Waals surface area contributed by atoms with Crippen molar-refractivity contribution in [1.29, 1.82) is 0 Å². The van der Waals surface area contributed by atoms with Gasteiger partial charge < -0.3 is 5.11 Å². The average Bonchev–Trinajstić information content (AvgIpc) is 2.40. The highest BCUT2D eigenvalue weighted by Crippen LogP contribution is 2.25. The molecule has 1 atom stereocenters. The van der Waals surface area contributed by atoms with Crippen LogP contribution in [0.25, 0.3) is 0 Å². The molecule has 1 fully saturated rings. The van der Waals surface area contributed by atoms with Crippen LogP contribution in [0.1, 0.15) is 13.3 Å². The number of hydrogen-bond acceptors (Lipinski definition) is 2. The van der Waals surface area contributed by atoms with Crippen LogP contribution in [0.3, 0.4) is 0 Å². The van der Waals surface area contributed by atoms with Gasteiger partial charge in [-0.25, -0.2) is 0 Å². The average molecular weight is 158 g/mol. The van der Waals surface area contributed by atoms with Crippen LogP contribution in [0, 0.1) is 5.92 Å². The normalized spacial score (nSPS) is 27.4. The zero-order chi connectivity index (χ0) is 7.40. The Morgan fingerprint density at radius 1 is 1.80 bits per heavy atom. The summed E-state index contributed by atoms with van der Waals surface area (Å²) >= 11 is 2.01. The van der Waals surface area contributed by atoms with Gasteiger partial charge in [0.15, 0.2) is 0 Å². The predicted molar refractivity (Wildman–Crippen MR) is 46.3 cm³/mol. The van der Waals surface area contributed by atoms with Crippen molar-refractivity contribution in [2.24, 2.45) is 5.92 Å². The molecule has 0 saturated carbocycles. The highest BCUT2D eigenvalue weighted by molar-refractivity contribution is 7.99. The maximum Gasteiger partial charge on any atom is 0.0639 e. The molecule has 0 bridgehead atoms. The quantitative estimate of drug-likeness (QED) is 0.617. The molecule has 0 aromatic carbocycles. The number of hydrogen-bond donors (Lipinski definition) is 1. The lowest BCUT2D eigenvalue weighted by Crippen LogP contribution is -1.95. The number of aliphatic hydroxyl groups is 1. The molecule has 0 spiro atoms. The van der Waals surface area contributed by atoms with E-state index in [1.807, 2.05) is 18.7 Å². The Morgan fingerprint density at radius 2 is 2.60 bits per heavy atom. The Hall–Kier alpha value is 0.0500. The van der Waals surface area contributed by atoms with Gasteiger partial charge in [-0.2, -0.15) is 11.8 Å². The molecule has 1 aliphatic rings. The number of aliphatic hydroxyl groups excluding tert-OH is 1. The van der Waals surface area contributed by atoms with Crippen LogP contribution in [-0.4, -0.2) is 23.2 Å². The van der Waals surface area contributed by atoms with E-state index in [9.17, 15) is 0 Å². The van der Waals surface area contributed by atoms with E-state index in [1.54, 1.807) is 0 Å². The van der Waals surface area contributed by atoms with Crippen molar-refractivity contribution in [2.75, 3.05) is 18.1 Å². The third-order valence-corrected chi connectivity index (χ3v) is 2.92. The van der Waals surface area contributed by atoms with Crippen molar-refractivity contribution in [1.82, 2.24) is 0 Å². The van der Waals surface area contributed by atoms with Crippen LogP contribution in [0.15, 0.2) is 11.6 Å². The molecule has 1 nitrogen and oxygen atoms in total. The third-order valence-electron chi connectivity index (χ3n) is 1.73. The van der Waals surface area contributed by atoms with Gasteiger partial charge in [-0.05, 0) is 30.8 Å². The van der Waals surface area contributed by atoms with Crippen LogP contribution >= 0.6 is 11.8 Å². The zero-order valence-electron chi connectivity index (χ0n) is 6.34.